The molecule has 6 nitrogen and oxygen atoms in total. The van der Waals surface area contributed by atoms with E-state index in [1.807, 2.05) is 0 Å². The van der Waals surface area contributed by atoms with Gasteiger partial charge in [-0.3, -0.25) is 4.79 Å². The molecule has 1 unspecified atom stereocenters. The molecule has 4 N–H and O–H groups in total. The monoisotopic (exact) mass is 267 g/mol. The van der Waals surface area contributed by atoms with Gasteiger partial charge < -0.3 is 20.6 Å². The lowest BCUT2D eigenvalue weighted by Crippen LogP contribution is -2.43. The van der Waals surface area contributed by atoms with Gasteiger partial charge in [0.1, 0.15) is 0 Å². The van der Waals surface area contributed by atoms with Gasteiger partial charge in [-0.2, -0.15) is 0 Å². The summed E-state index contributed by atoms with van der Waals surface area (Å²) in [6.07, 6.45) is 0. The molecular weight excluding hydrogens is 250 g/mol. The third-order valence-corrected chi connectivity index (χ3v) is 2.62. The van der Waals surface area contributed by atoms with Crippen LogP contribution in [0.15, 0.2) is 24.3 Å². The van der Waals surface area contributed by atoms with E-state index < -0.39 is 30.1 Å². The summed E-state index contributed by atoms with van der Waals surface area (Å²) in [4.78, 5) is 22.5. The fourth-order valence-corrected chi connectivity index (χ4v) is 1.47. The zero-order chi connectivity index (χ0) is 14.6. The first kappa shape index (κ1) is 15.1. The van der Waals surface area contributed by atoms with E-state index in [0.29, 0.717) is 5.56 Å². The number of aliphatic hydroxyl groups excluding tert-OH is 1. The van der Waals surface area contributed by atoms with Crippen molar-refractivity contribution in [2.24, 2.45) is 0 Å². The molecule has 1 aromatic rings. The Morgan fingerprint density at radius 3 is 2.47 bits per heavy atom. The summed E-state index contributed by atoms with van der Waals surface area (Å²) in [5.41, 5.74) is -0.338. The number of hydrogen-bond acceptors (Lipinski definition) is 4. The van der Waals surface area contributed by atoms with Crippen molar-refractivity contribution in [2.75, 3.05) is 6.61 Å². The lowest BCUT2D eigenvalue weighted by atomic mass is 9.96. The highest BCUT2D eigenvalue weighted by Crippen LogP contribution is 2.20. The van der Waals surface area contributed by atoms with E-state index in [9.17, 15) is 14.7 Å². The number of rotatable bonds is 5. The summed E-state index contributed by atoms with van der Waals surface area (Å²) in [6, 6.07) is 4.89. The molecule has 1 atom stereocenters. The maximum atomic E-state index is 11.8. The Bertz CT molecular complexity index is 478. The van der Waals surface area contributed by atoms with Gasteiger partial charge in [-0.1, -0.05) is 12.1 Å². The summed E-state index contributed by atoms with van der Waals surface area (Å²) >= 11 is 0. The Morgan fingerprint density at radius 1 is 1.37 bits per heavy atom. The Labute approximate surface area is 110 Å². The molecule has 0 aromatic heterocycles. The number of aliphatic hydroxyl groups is 2. The van der Waals surface area contributed by atoms with E-state index in [0.717, 1.165) is 0 Å². The first-order valence-corrected chi connectivity index (χ1v) is 5.73. The lowest BCUT2D eigenvalue weighted by molar-refractivity contribution is -0.140. The lowest BCUT2D eigenvalue weighted by Gasteiger charge is -2.18. The van der Waals surface area contributed by atoms with Gasteiger partial charge in [-0.05, 0) is 31.5 Å². The van der Waals surface area contributed by atoms with E-state index in [4.69, 9.17) is 10.2 Å². The van der Waals surface area contributed by atoms with Gasteiger partial charge in [0.05, 0.1) is 12.2 Å². The molecule has 0 heterocycles. The van der Waals surface area contributed by atoms with Crippen LogP contribution in [-0.4, -0.2) is 39.8 Å². The normalized spacial score (nSPS) is 12.8. The van der Waals surface area contributed by atoms with Crippen molar-refractivity contribution in [3.05, 3.63) is 35.4 Å². The molecule has 0 aliphatic heterocycles. The first-order chi connectivity index (χ1) is 8.75. The van der Waals surface area contributed by atoms with Gasteiger partial charge in [0.2, 0.25) is 0 Å². The molecule has 0 radical (unpaired) electrons. The summed E-state index contributed by atoms with van der Waals surface area (Å²) in [5, 5.41) is 29.6. The molecule has 1 aromatic carbocycles. The van der Waals surface area contributed by atoms with Crippen LogP contribution in [0, 0.1) is 0 Å². The smallest absolute Gasteiger partial charge is 0.328 e. The molecule has 0 fully saturated rings. The quantitative estimate of drug-likeness (QED) is 0.605. The van der Waals surface area contributed by atoms with E-state index >= 15 is 0 Å². The van der Waals surface area contributed by atoms with Crippen LogP contribution in [-0.2, 0) is 10.4 Å². The molecule has 0 aliphatic rings. The molecule has 0 bridgehead atoms. The van der Waals surface area contributed by atoms with Gasteiger partial charge in [0.15, 0.2) is 6.04 Å². The number of benzene rings is 1. The second kappa shape index (κ2) is 5.81. The average Bonchev–Trinajstić information content (AvgIpc) is 2.34. The van der Waals surface area contributed by atoms with E-state index in [-0.39, 0.29) is 5.56 Å². The fourth-order valence-electron chi connectivity index (χ4n) is 1.47. The number of hydrogen-bond donors (Lipinski definition) is 4. The summed E-state index contributed by atoms with van der Waals surface area (Å²) < 4.78 is 0. The zero-order valence-corrected chi connectivity index (χ0v) is 10.8. The number of aliphatic carboxylic acids is 1. The number of carbonyl (C=O) groups is 2. The number of nitrogens with one attached hydrogen (secondary N) is 1. The van der Waals surface area contributed by atoms with Crippen molar-refractivity contribution in [1.82, 2.24) is 5.32 Å². The minimum atomic E-state index is -1.35. The minimum absolute atomic E-state index is 0.222. The number of amides is 1. The van der Waals surface area contributed by atoms with Crippen molar-refractivity contribution in [2.45, 2.75) is 25.5 Å². The molecule has 0 spiro atoms. The summed E-state index contributed by atoms with van der Waals surface area (Å²) in [5.74, 6) is -1.93. The largest absolute Gasteiger partial charge is 0.480 e. The number of carbonyl (C=O) groups excluding carboxylic acids is 1. The predicted octanol–water partition coefficient (Wildman–Crippen LogP) is 0.0893. The third kappa shape index (κ3) is 4.04. The van der Waals surface area contributed by atoms with E-state index in [1.165, 1.54) is 12.1 Å². The predicted molar refractivity (Wildman–Crippen MR) is 67.7 cm³/mol. The van der Waals surface area contributed by atoms with Crippen molar-refractivity contribution in [3.63, 3.8) is 0 Å². The molecule has 6 heteroatoms. The van der Waals surface area contributed by atoms with Crippen molar-refractivity contribution in [1.29, 1.82) is 0 Å². The fraction of sp³-hybridized carbons (Fsp3) is 0.385. The van der Waals surface area contributed by atoms with Crippen molar-refractivity contribution >= 4 is 11.9 Å². The topological polar surface area (TPSA) is 107 Å². The second-order valence-corrected chi connectivity index (χ2v) is 4.69. The zero-order valence-electron chi connectivity index (χ0n) is 10.8. The van der Waals surface area contributed by atoms with Crippen LogP contribution in [0.3, 0.4) is 0 Å². The Kier molecular flexibility index (Phi) is 4.63. The highest BCUT2D eigenvalue weighted by molar-refractivity contribution is 5.96. The van der Waals surface area contributed by atoms with Crippen LogP contribution in [0.25, 0.3) is 0 Å². The van der Waals surface area contributed by atoms with Gasteiger partial charge in [-0.15, -0.1) is 0 Å². The molecule has 0 saturated heterocycles. The maximum Gasteiger partial charge on any atom is 0.328 e. The van der Waals surface area contributed by atoms with E-state index in [2.05, 4.69) is 5.32 Å². The second-order valence-electron chi connectivity index (χ2n) is 4.69. The highest BCUT2D eigenvalue weighted by Gasteiger charge is 2.21. The first-order valence-electron chi connectivity index (χ1n) is 5.73. The summed E-state index contributed by atoms with van der Waals surface area (Å²) in [6.45, 7) is 2.47. The van der Waals surface area contributed by atoms with Crippen LogP contribution in [0.1, 0.15) is 29.8 Å². The maximum absolute atomic E-state index is 11.8. The van der Waals surface area contributed by atoms with Gasteiger partial charge in [0, 0.05) is 5.56 Å². The third-order valence-electron chi connectivity index (χ3n) is 2.62. The van der Waals surface area contributed by atoms with Crippen LogP contribution in [0.2, 0.25) is 0 Å². The van der Waals surface area contributed by atoms with Gasteiger partial charge in [-0.25, -0.2) is 4.79 Å². The van der Waals surface area contributed by atoms with Crippen LogP contribution >= 0.6 is 0 Å². The standard InChI is InChI=1S/C13H17NO5/c1-13(2,19)9-5-3-4-8(6-9)11(16)14-10(7-15)12(17)18/h3-6,10,15,19H,7H2,1-2H3,(H,14,16)(H,17,18). The molecule has 1 rings (SSSR count). The highest BCUT2D eigenvalue weighted by atomic mass is 16.4. The Balaban J connectivity index is 2.92. The molecule has 104 valence electrons. The van der Waals surface area contributed by atoms with Crippen molar-refractivity contribution in [3.8, 4) is 0 Å². The Morgan fingerprint density at radius 2 is 2.00 bits per heavy atom. The SMILES string of the molecule is CC(C)(O)c1cccc(C(=O)NC(CO)C(=O)O)c1. The van der Waals surface area contributed by atoms with Crippen LogP contribution in [0.5, 0.6) is 0 Å². The van der Waals surface area contributed by atoms with Crippen molar-refractivity contribution < 1.29 is 24.9 Å². The van der Waals surface area contributed by atoms with Gasteiger partial charge >= 0.3 is 5.97 Å². The molecule has 0 aliphatic carbocycles. The summed E-state index contributed by atoms with van der Waals surface area (Å²) in [7, 11) is 0. The molecule has 19 heavy (non-hydrogen) atoms. The van der Waals surface area contributed by atoms with Crippen LogP contribution in [0.4, 0.5) is 0 Å². The van der Waals surface area contributed by atoms with Crippen LogP contribution < -0.4 is 5.32 Å². The molecule has 1 amide bonds. The van der Waals surface area contributed by atoms with Gasteiger partial charge in [0.25, 0.3) is 5.91 Å². The Hall–Kier alpha value is -1.92. The minimum Gasteiger partial charge on any atom is -0.480 e. The molecule has 0 saturated carbocycles. The molecular formula is C13H17NO5. The average molecular weight is 267 g/mol. The number of carboxylic acid groups (broad SMARTS) is 1. The number of carboxylic acids is 1. The van der Waals surface area contributed by atoms with E-state index in [1.54, 1.807) is 26.0 Å².